The number of hydrogen-bond donors (Lipinski definition) is 2. The third-order valence-electron chi connectivity index (χ3n) is 4.78. The Morgan fingerprint density at radius 2 is 1.87 bits per heavy atom. The Bertz CT molecular complexity index is 1070. The molecular formula is C22H21N3O5. The normalized spacial score (nSPS) is 11.9. The lowest BCUT2D eigenvalue weighted by Crippen LogP contribution is -2.28. The van der Waals surface area contributed by atoms with Gasteiger partial charge in [-0.1, -0.05) is 18.2 Å². The van der Waals surface area contributed by atoms with Gasteiger partial charge in [0.1, 0.15) is 5.82 Å². The van der Waals surface area contributed by atoms with Gasteiger partial charge in [-0.05, 0) is 43.7 Å². The number of rotatable bonds is 6. The molecule has 2 aromatic carbocycles. The fourth-order valence-electron chi connectivity index (χ4n) is 2.97. The number of ether oxygens (including phenoxy) is 3. The summed E-state index contributed by atoms with van der Waals surface area (Å²) in [6.45, 7) is 4.02. The first-order chi connectivity index (χ1) is 14.5. The molecule has 1 amide bonds. The molecule has 0 saturated carbocycles. The van der Waals surface area contributed by atoms with Crippen LogP contribution in [0.5, 0.6) is 11.5 Å². The van der Waals surface area contributed by atoms with Gasteiger partial charge in [0.2, 0.25) is 6.79 Å². The number of fused-ring (bicyclic) bond motifs is 1. The van der Waals surface area contributed by atoms with Gasteiger partial charge in [0, 0.05) is 17.8 Å². The molecule has 0 fully saturated rings. The largest absolute Gasteiger partial charge is 0.454 e. The zero-order chi connectivity index (χ0) is 21.1. The average Bonchev–Trinajstić information content (AvgIpc) is 3.36. The number of nitrogens with zero attached hydrogens (tertiary/aromatic N) is 1. The van der Waals surface area contributed by atoms with E-state index in [1.165, 1.54) is 0 Å². The fraction of sp³-hybridized carbons (Fsp3) is 0.227. The first-order valence-corrected chi connectivity index (χ1v) is 9.45. The molecule has 0 aliphatic carbocycles. The van der Waals surface area contributed by atoms with Crippen LogP contribution in [-0.2, 0) is 16.1 Å². The first-order valence-electron chi connectivity index (χ1n) is 9.45. The van der Waals surface area contributed by atoms with Gasteiger partial charge in [-0.15, -0.1) is 0 Å². The van der Waals surface area contributed by atoms with Crippen LogP contribution < -0.4 is 14.8 Å². The van der Waals surface area contributed by atoms with E-state index < -0.39 is 5.97 Å². The van der Waals surface area contributed by atoms with Gasteiger partial charge in [0.15, 0.2) is 18.1 Å². The molecule has 8 nitrogen and oxygen atoms in total. The molecule has 8 heteroatoms. The molecule has 2 heterocycles. The second-order valence-corrected chi connectivity index (χ2v) is 6.91. The van der Waals surface area contributed by atoms with Crippen LogP contribution in [0.2, 0.25) is 0 Å². The van der Waals surface area contributed by atoms with Crippen LogP contribution in [0.3, 0.4) is 0 Å². The van der Waals surface area contributed by atoms with Crippen molar-refractivity contribution in [1.29, 1.82) is 0 Å². The lowest BCUT2D eigenvalue weighted by molar-refractivity contribution is -0.124. The standard InChI is InChI=1S/C22H21N3O5/c1-13-14(2)25-21(24-13)16-4-6-17(7-5-16)22(27)28-11-20(26)23-10-15-3-8-18-19(9-15)30-12-29-18/h3-9H,10-12H2,1-2H3,(H,23,26)(H,24,25). The van der Waals surface area contributed by atoms with Crippen LogP contribution in [0.4, 0.5) is 0 Å². The molecule has 0 spiro atoms. The smallest absolute Gasteiger partial charge is 0.338 e. The minimum absolute atomic E-state index is 0.197. The summed E-state index contributed by atoms with van der Waals surface area (Å²) in [5.41, 5.74) is 4.02. The number of amides is 1. The molecule has 2 N–H and O–H groups in total. The molecule has 30 heavy (non-hydrogen) atoms. The number of hydrogen-bond acceptors (Lipinski definition) is 6. The SMILES string of the molecule is Cc1nc(-c2ccc(C(=O)OCC(=O)NCc3ccc4c(c3)OCO4)cc2)[nH]c1C. The number of imidazole rings is 1. The van der Waals surface area contributed by atoms with Gasteiger partial charge < -0.3 is 24.5 Å². The second kappa shape index (κ2) is 8.28. The van der Waals surface area contributed by atoms with Crippen LogP contribution in [0.25, 0.3) is 11.4 Å². The molecule has 1 aliphatic rings. The van der Waals surface area contributed by atoms with Crippen LogP contribution in [-0.4, -0.2) is 35.2 Å². The van der Waals surface area contributed by atoms with Crippen molar-refractivity contribution in [3.8, 4) is 22.9 Å². The lowest BCUT2D eigenvalue weighted by atomic mass is 10.1. The summed E-state index contributed by atoms with van der Waals surface area (Å²) in [5.74, 6) is 1.12. The number of aryl methyl sites for hydroxylation is 2. The Labute approximate surface area is 173 Å². The number of carbonyl (C=O) groups is 2. The summed E-state index contributed by atoms with van der Waals surface area (Å²) in [6, 6.07) is 12.3. The van der Waals surface area contributed by atoms with Crippen LogP contribution in [0.1, 0.15) is 27.3 Å². The van der Waals surface area contributed by atoms with E-state index in [0.29, 0.717) is 23.6 Å². The molecule has 3 aromatic rings. The Morgan fingerprint density at radius 3 is 2.60 bits per heavy atom. The highest BCUT2D eigenvalue weighted by atomic mass is 16.7. The van der Waals surface area contributed by atoms with Gasteiger partial charge in [-0.2, -0.15) is 0 Å². The monoisotopic (exact) mass is 407 g/mol. The summed E-state index contributed by atoms with van der Waals surface area (Å²) in [6.07, 6.45) is 0. The summed E-state index contributed by atoms with van der Waals surface area (Å²) >= 11 is 0. The Hall–Kier alpha value is -3.81. The van der Waals surface area contributed by atoms with Gasteiger partial charge in [0.05, 0.1) is 11.3 Å². The van der Waals surface area contributed by atoms with Crippen molar-refractivity contribution in [1.82, 2.24) is 15.3 Å². The highest BCUT2D eigenvalue weighted by Gasteiger charge is 2.14. The number of H-pyrrole nitrogens is 1. The van der Waals surface area contributed by atoms with Gasteiger partial charge in [-0.3, -0.25) is 4.79 Å². The van der Waals surface area contributed by atoms with E-state index in [-0.39, 0.29) is 19.3 Å². The van der Waals surface area contributed by atoms with Crippen molar-refractivity contribution >= 4 is 11.9 Å². The quantitative estimate of drug-likeness (QED) is 0.609. The topological polar surface area (TPSA) is 103 Å². The maximum atomic E-state index is 12.2. The van der Waals surface area contributed by atoms with Crippen molar-refractivity contribution in [2.75, 3.05) is 13.4 Å². The molecule has 0 radical (unpaired) electrons. The number of carbonyl (C=O) groups excluding carboxylic acids is 2. The van der Waals surface area contributed by atoms with Crippen molar-refractivity contribution in [2.45, 2.75) is 20.4 Å². The molecule has 4 rings (SSSR count). The molecule has 1 aromatic heterocycles. The molecule has 0 atom stereocenters. The van der Waals surface area contributed by atoms with Crippen molar-refractivity contribution < 1.29 is 23.8 Å². The van der Waals surface area contributed by atoms with Crippen LogP contribution in [0, 0.1) is 13.8 Å². The minimum Gasteiger partial charge on any atom is -0.454 e. The zero-order valence-corrected chi connectivity index (χ0v) is 16.7. The van der Waals surface area contributed by atoms with E-state index in [1.54, 1.807) is 36.4 Å². The zero-order valence-electron chi connectivity index (χ0n) is 16.7. The van der Waals surface area contributed by atoms with E-state index in [0.717, 1.165) is 28.3 Å². The van der Waals surface area contributed by atoms with E-state index in [4.69, 9.17) is 14.2 Å². The molecule has 0 unspecified atom stereocenters. The third kappa shape index (κ3) is 4.27. The number of nitrogens with one attached hydrogen (secondary N) is 2. The van der Waals surface area contributed by atoms with E-state index in [9.17, 15) is 9.59 Å². The number of esters is 1. The molecule has 0 saturated heterocycles. The third-order valence-corrected chi connectivity index (χ3v) is 4.78. The molecule has 0 bridgehead atoms. The molecule has 154 valence electrons. The van der Waals surface area contributed by atoms with Crippen molar-refractivity contribution in [3.63, 3.8) is 0 Å². The van der Waals surface area contributed by atoms with Gasteiger partial charge in [-0.25, -0.2) is 9.78 Å². The number of aromatic amines is 1. The second-order valence-electron chi connectivity index (χ2n) is 6.91. The Balaban J connectivity index is 1.27. The Morgan fingerprint density at radius 1 is 1.10 bits per heavy atom. The number of benzene rings is 2. The summed E-state index contributed by atoms with van der Waals surface area (Å²) in [5, 5.41) is 2.71. The first kappa shape index (κ1) is 19.5. The maximum Gasteiger partial charge on any atom is 0.338 e. The highest BCUT2D eigenvalue weighted by molar-refractivity contribution is 5.91. The predicted octanol–water partition coefficient (Wildman–Crippen LogP) is 2.90. The summed E-state index contributed by atoms with van der Waals surface area (Å²) < 4.78 is 15.7. The summed E-state index contributed by atoms with van der Waals surface area (Å²) in [7, 11) is 0. The van der Waals surface area contributed by atoms with Gasteiger partial charge >= 0.3 is 5.97 Å². The van der Waals surface area contributed by atoms with Crippen LogP contribution in [0.15, 0.2) is 42.5 Å². The van der Waals surface area contributed by atoms with Crippen molar-refractivity contribution in [2.24, 2.45) is 0 Å². The van der Waals surface area contributed by atoms with E-state index >= 15 is 0 Å². The minimum atomic E-state index is -0.563. The fourth-order valence-corrected chi connectivity index (χ4v) is 2.97. The molecular weight excluding hydrogens is 386 g/mol. The summed E-state index contributed by atoms with van der Waals surface area (Å²) in [4.78, 5) is 31.8. The highest BCUT2D eigenvalue weighted by Crippen LogP contribution is 2.32. The number of aromatic nitrogens is 2. The molecule has 1 aliphatic heterocycles. The van der Waals surface area contributed by atoms with Gasteiger partial charge in [0.25, 0.3) is 5.91 Å². The van der Waals surface area contributed by atoms with E-state index in [1.807, 2.05) is 19.9 Å². The Kier molecular flexibility index (Phi) is 5.38. The predicted molar refractivity (Wildman–Crippen MR) is 108 cm³/mol. The lowest BCUT2D eigenvalue weighted by Gasteiger charge is -2.08. The maximum absolute atomic E-state index is 12.2. The average molecular weight is 407 g/mol. The van der Waals surface area contributed by atoms with Crippen molar-refractivity contribution in [3.05, 3.63) is 65.0 Å². The van der Waals surface area contributed by atoms with E-state index in [2.05, 4.69) is 15.3 Å². The van der Waals surface area contributed by atoms with Crippen LogP contribution >= 0.6 is 0 Å².